The molecule has 2 aliphatic rings. The van der Waals surface area contributed by atoms with Crippen LogP contribution in [0.5, 0.6) is 0 Å². The molecule has 2 aromatic carbocycles. The highest BCUT2D eigenvalue weighted by Crippen LogP contribution is 2.78. The van der Waals surface area contributed by atoms with Gasteiger partial charge in [-0.05, 0) is 93.8 Å². The molecule has 1 aliphatic heterocycles. The Balaban J connectivity index is 2.23. The third-order valence-corrected chi connectivity index (χ3v) is 15.5. The molecular weight excluding hydrogens is 636 g/mol. The average molecular weight is 709 g/mol. The number of hydrogen-bond donors (Lipinski definition) is 0. The summed E-state index contributed by atoms with van der Waals surface area (Å²) in [5, 5.41) is 0. The molecule has 1 saturated carbocycles. The first-order valence-electron chi connectivity index (χ1n) is 19.7. The number of para-hydroxylation sites is 2. The number of nitrogens with zero attached hydrogens (tertiary/aromatic N) is 2. The van der Waals surface area contributed by atoms with Gasteiger partial charge in [-0.2, -0.15) is 0 Å². The number of hydrogen-bond acceptors (Lipinski definition) is 4. The van der Waals surface area contributed by atoms with Gasteiger partial charge in [-0.3, -0.25) is 0 Å². The smallest absolute Gasteiger partial charge is 0.213 e. The van der Waals surface area contributed by atoms with Gasteiger partial charge in [-0.1, -0.05) is 154 Å². The van der Waals surface area contributed by atoms with Crippen LogP contribution in [0.25, 0.3) is 0 Å². The molecule has 0 spiro atoms. The van der Waals surface area contributed by atoms with Crippen LogP contribution in [0.3, 0.4) is 0 Å². The monoisotopic (exact) mass is 709 g/mol. The molecular formula is C44H73N2OPS. The van der Waals surface area contributed by atoms with E-state index < -0.39 is 6.99 Å². The summed E-state index contributed by atoms with van der Waals surface area (Å²) in [4.78, 5) is 0. The Morgan fingerprint density at radius 3 is 1.27 bits per heavy atom. The van der Waals surface area contributed by atoms with E-state index in [0.717, 1.165) is 6.42 Å². The summed E-state index contributed by atoms with van der Waals surface area (Å²) in [7, 11) is 0. The normalized spacial score (nSPS) is 25.2. The van der Waals surface area contributed by atoms with Crippen LogP contribution in [0.2, 0.25) is 0 Å². The van der Waals surface area contributed by atoms with Gasteiger partial charge in [0.2, 0.25) is 6.99 Å². The summed E-state index contributed by atoms with van der Waals surface area (Å²) in [5.74, 6) is 3.19. The molecule has 3 nitrogen and oxygen atoms in total. The molecule has 0 unspecified atom stereocenters. The van der Waals surface area contributed by atoms with Gasteiger partial charge >= 0.3 is 0 Å². The van der Waals surface area contributed by atoms with Gasteiger partial charge in [-0.15, -0.1) is 0 Å². The Kier molecular flexibility index (Phi) is 12.4. The van der Waals surface area contributed by atoms with Gasteiger partial charge in [-0.25, -0.2) is 13.9 Å². The van der Waals surface area contributed by atoms with Crippen LogP contribution in [-0.2, 0) is 16.8 Å². The zero-order valence-electron chi connectivity index (χ0n) is 34.5. The summed E-state index contributed by atoms with van der Waals surface area (Å²) < 4.78 is 13.6. The van der Waals surface area contributed by atoms with E-state index in [1.54, 1.807) is 0 Å². The molecule has 5 heteroatoms. The lowest BCUT2D eigenvalue weighted by atomic mass is 9.71. The third-order valence-electron chi connectivity index (χ3n) is 11.7. The van der Waals surface area contributed by atoms with Crippen molar-refractivity contribution in [3.63, 3.8) is 0 Å². The van der Waals surface area contributed by atoms with Crippen molar-refractivity contribution >= 4 is 30.6 Å². The Morgan fingerprint density at radius 2 is 0.980 bits per heavy atom. The topological polar surface area (TPSA) is 15.7 Å². The largest absolute Gasteiger partial charge is 0.474 e. The molecule has 1 saturated heterocycles. The van der Waals surface area contributed by atoms with Crippen molar-refractivity contribution in [2.45, 2.75) is 179 Å². The van der Waals surface area contributed by atoms with E-state index in [4.69, 9.17) is 16.8 Å². The molecule has 276 valence electrons. The molecule has 2 aromatic rings. The Morgan fingerprint density at radius 1 is 0.633 bits per heavy atom. The van der Waals surface area contributed by atoms with Gasteiger partial charge in [0.15, 0.2) is 0 Å². The molecule has 49 heavy (non-hydrogen) atoms. The lowest BCUT2D eigenvalue weighted by Crippen LogP contribution is -2.53. The van der Waals surface area contributed by atoms with Crippen LogP contribution in [0, 0.1) is 28.6 Å². The number of rotatable bonds is 9. The standard InChI is InChI=1S/C44H73N2OPS/c1-27(2)33-25-24-32(11)38(26-33)47-48(49)45(39-34(28(3)4)20-18-21-35(39)29(5)6)41(43(12,13)14)42(44(15,16)17)46(48)40-36(30(7)8)22-19-23-37(40)31(9)10/h18-23,27-33,38,41-42H,24-26H2,1-17H3/t32-,33-,38+,41+,42+/m1/s1. The maximum atomic E-state index is 8.03. The molecule has 1 aliphatic carbocycles. The van der Waals surface area contributed by atoms with E-state index in [2.05, 4.69) is 163 Å². The fraction of sp³-hybridized carbons (Fsp3) is 0.727. The summed E-state index contributed by atoms with van der Waals surface area (Å²) in [6.45, 7) is 37.8. The molecule has 5 atom stereocenters. The summed E-state index contributed by atoms with van der Waals surface area (Å²) in [6, 6.07) is 14.3. The van der Waals surface area contributed by atoms with Crippen LogP contribution in [0.4, 0.5) is 11.4 Å². The maximum absolute atomic E-state index is 8.03. The first kappa shape index (κ1) is 40.5. The Hall–Kier alpha value is -1.22. The highest BCUT2D eigenvalue weighted by atomic mass is 32.7. The quantitative estimate of drug-likeness (QED) is 0.190. The first-order valence-corrected chi connectivity index (χ1v) is 22.3. The SMILES string of the molecule is CC(C)c1cccc(C(C)C)c1N1[C@H](C(C)(C)C)[C@@H](C(C)(C)C)N(c2c(C(C)C)cccc2C(C)C)[P+]1([S-])O[C@H]1C[C@H](C(C)C)CC[C@H]1C. The van der Waals surface area contributed by atoms with Crippen molar-refractivity contribution in [1.29, 1.82) is 0 Å². The van der Waals surface area contributed by atoms with Crippen molar-refractivity contribution in [2.24, 2.45) is 28.6 Å². The van der Waals surface area contributed by atoms with Crippen LogP contribution >= 0.6 is 6.99 Å². The minimum Gasteiger partial charge on any atom is -0.474 e. The van der Waals surface area contributed by atoms with Crippen LogP contribution in [0.15, 0.2) is 36.4 Å². The second-order valence-electron chi connectivity index (χ2n) is 19.4. The molecule has 4 rings (SSSR count). The highest BCUT2D eigenvalue weighted by Gasteiger charge is 2.67. The first-order chi connectivity index (χ1) is 22.5. The highest BCUT2D eigenvalue weighted by molar-refractivity contribution is 8.41. The molecule has 0 aromatic heterocycles. The van der Waals surface area contributed by atoms with Crippen molar-refractivity contribution in [3.8, 4) is 0 Å². The molecule has 0 N–H and O–H groups in total. The summed E-state index contributed by atoms with van der Waals surface area (Å²) >= 11 is 7.53. The predicted molar refractivity (Wildman–Crippen MR) is 221 cm³/mol. The van der Waals surface area contributed by atoms with Crippen molar-refractivity contribution < 1.29 is 4.52 Å². The molecule has 0 bridgehead atoms. The minimum atomic E-state index is -2.97. The van der Waals surface area contributed by atoms with E-state index in [1.807, 2.05) is 0 Å². The zero-order chi connectivity index (χ0) is 37.0. The van der Waals surface area contributed by atoms with E-state index in [0.29, 0.717) is 41.4 Å². The molecule has 1 heterocycles. The summed E-state index contributed by atoms with van der Waals surface area (Å²) in [6.07, 6.45) is 3.70. The summed E-state index contributed by atoms with van der Waals surface area (Å²) in [5.41, 5.74) is 8.12. The average Bonchev–Trinajstić information content (AvgIpc) is 3.26. The third kappa shape index (κ3) is 7.93. The van der Waals surface area contributed by atoms with Gasteiger partial charge in [0.05, 0.1) is 23.5 Å². The van der Waals surface area contributed by atoms with Crippen LogP contribution < -0.4 is 9.34 Å². The number of anilines is 2. The Bertz CT molecular complexity index is 1280. The Labute approximate surface area is 309 Å². The fourth-order valence-electron chi connectivity index (χ4n) is 8.79. The van der Waals surface area contributed by atoms with Crippen LogP contribution in [-0.4, -0.2) is 18.2 Å². The van der Waals surface area contributed by atoms with Gasteiger partial charge in [0.1, 0.15) is 6.10 Å². The van der Waals surface area contributed by atoms with E-state index in [9.17, 15) is 0 Å². The fourth-order valence-corrected chi connectivity index (χ4v) is 13.8. The molecule has 0 amide bonds. The van der Waals surface area contributed by atoms with Gasteiger partial charge in [0, 0.05) is 0 Å². The zero-order valence-corrected chi connectivity index (χ0v) is 36.2. The van der Waals surface area contributed by atoms with Gasteiger partial charge < -0.3 is 12.2 Å². The predicted octanol–water partition coefficient (Wildman–Crippen LogP) is 14.0. The van der Waals surface area contributed by atoms with Crippen LogP contribution in [0.1, 0.15) is 183 Å². The second-order valence-corrected chi connectivity index (χ2v) is 22.9. The van der Waals surface area contributed by atoms with E-state index in [-0.39, 0.29) is 29.0 Å². The van der Waals surface area contributed by atoms with Crippen molar-refractivity contribution in [2.75, 3.05) is 9.34 Å². The molecule has 2 fully saturated rings. The number of benzene rings is 2. The molecule has 0 radical (unpaired) electrons. The maximum Gasteiger partial charge on any atom is 0.213 e. The minimum absolute atomic E-state index is 0.0815. The van der Waals surface area contributed by atoms with Gasteiger partial charge in [0.25, 0.3) is 0 Å². The van der Waals surface area contributed by atoms with Crippen molar-refractivity contribution in [1.82, 2.24) is 0 Å². The lowest BCUT2D eigenvalue weighted by Gasteiger charge is -2.48. The van der Waals surface area contributed by atoms with E-state index >= 15 is 0 Å². The lowest BCUT2D eigenvalue weighted by molar-refractivity contribution is 0.0686. The van der Waals surface area contributed by atoms with E-state index in [1.165, 1.54) is 46.5 Å². The van der Waals surface area contributed by atoms with Crippen molar-refractivity contribution in [3.05, 3.63) is 58.7 Å². The second kappa shape index (κ2) is 15.0.